The van der Waals surface area contributed by atoms with Crippen LogP contribution in [0.1, 0.15) is 45.4 Å². The van der Waals surface area contributed by atoms with E-state index in [2.05, 4.69) is 41.4 Å². The molecular weight excluding hydrogens is 260 g/mol. The fourth-order valence-corrected chi connectivity index (χ4v) is 4.39. The van der Waals surface area contributed by atoms with Crippen molar-refractivity contribution in [2.24, 2.45) is 0 Å². The molecule has 1 aliphatic carbocycles. The standard InChI is InChI=1S/C18H26N2O/c1-14-12-19-16-6-2-3-7-17(16)20(14)13-15-8-11-18(21-15)9-4-5-10-18/h2-3,6-7,14-15,19H,4-5,8-13H2,1H3. The molecule has 2 aliphatic heterocycles. The lowest BCUT2D eigenvalue weighted by Gasteiger charge is -2.39. The van der Waals surface area contributed by atoms with Gasteiger partial charge < -0.3 is 15.0 Å². The highest BCUT2D eigenvalue weighted by atomic mass is 16.5. The Labute approximate surface area is 127 Å². The zero-order chi connectivity index (χ0) is 14.3. The second-order valence-corrected chi connectivity index (χ2v) is 7.07. The molecule has 114 valence electrons. The quantitative estimate of drug-likeness (QED) is 0.895. The summed E-state index contributed by atoms with van der Waals surface area (Å²) in [4.78, 5) is 2.55. The van der Waals surface area contributed by atoms with Crippen molar-refractivity contribution in [3.8, 4) is 0 Å². The Hall–Kier alpha value is -1.22. The minimum absolute atomic E-state index is 0.251. The van der Waals surface area contributed by atoms with Gasteiger partial charge in [0.15, 0.2) is 0 Å². The first kappa shape index (κ1) is 13.4. The highest BCUT2D eigenvalue weighted by Gasteiger charge is 2.43. The molecule has 2 atom stereocenters. The van der Waals surface area contributed by atoms with E-state index in [9.17, 15) is 0 Å². The normalized spacial score (nSPS) is 30.4. The number of nitrogens with zero attached hydrogens (tertiary/aromatic N) is 1. The van der Waals surface area contributed by atoms with E-state index in [0.29, 0.717) is 12.1 Å². The van der Waals surface area contributed by atoms with Gasteiger partial charge in [-0.05, 0) is 44.7 Å². The molecule has 1 saturated heterocycles. The van der Waals surface area contributed by atoms with E-state index in [0.717, 1.165) is 13.1 Å². The molecule has 2 fully saturated rings. The number of anilines is 2. The van der Waals surface area contributed by atoms with E-state index in [-0.39, 0.29) is 5.60 Å². The molecule has 0 amide bonds. The molecule has 1 spiro atoms. The zero-order valence-corrected chi connectivity index (χ0v) is 13.0. The van der Waals surface area contributed by atoms with Crippen LogP contribution in [0.4, 0.5) is 11.4 Å². The average Bonchev–Trinajstić information content (AvgIpc) is 3.13. The topological polar surface area (TPSA) is 24.5 Å². The van der Waals surface area contributed by atoms with Crippen LogP contribution >= 0.6 is 0 Å². The van der Waals surface area contributed by atoms with Gasteiger partial charge in [-0.3, -0.25) is 0 Å². The molecule has 0 bridgehead atoms. The first-order valence-electron chi connectivity index (χ1n) is 8.53. The van der Waals surface area contributed by atoms with Crippen LogP contribution in [0, 0.1) is 0 Å². The first-order valence-corrected chi connectivity index (χ1v) is 8.53. The van der Waals surface area contributed by atoms with E-state index >= 15 is 0 Å². The van der Waals surface area contributed by atoms with Crippen LogP contribution in [-0.2, 0) is 4.74 Å². The van der Waals surface area contributed by atoms with Crippen LogP contribution in [0.2, 0.25) is 0 Å². The van der Waals surface area contributed by atoms with E-state index in [1.807, 2.05) is 0 Å². The van der Waals surface area contributed by atoms with Gasteiger partial charge in [0.25, 0.3) is 0 Å². The van der Waals surface area contributed by atoms with Crippen LogP contribution in [0.5, 0.6) is 0 Å². The molecule has 0 aromatic heterocycles. The van der Waals surface area contributed by atoms with E-state index in [4.69, 9.17) is 4.74 Å². The highest BCUT2D eigenvalue weighted by molar-refractivity contribution is 5.72. The van der Waals surface area contributed by atoms with Crippen LogP contribution in [-0.4, -0.2) is 30.8 Å². The molecule has 0 radical (unpaired) electrons. The number of rotatable bonds is 2. The van der Waals surface area contributed by atoms with E-state index in [1.165, 1.54) is 49.9 Å². The molecule has 1 N–H and O–H groups in total. The summed E-state index contributed by atoms with van der Waals surface area (Å²) in [5.74, 6) is 0. The lowest BCUT2D eigenvalue weighted by Crippen LogP contribution is -2.46. The van der Waals surface area contributed by atoms with Gasteiger partial charge in [-0.1, -0.05) is 25.0 Å². The highest BCUT2D eigenvalue weighted by Crippen LogP contribution is 2.44. The number of para-hydroxylation sites is 2. The van der Waals surface area contributed by atoms with Gasteiger partial charge >= 0.3 is 0 Å². The van der Waals surface area contributed by atoms with Gasteiger partial charge in [0.05, 0.1) is 23.1 Å². The van der Waals surface area contributed by atoms with E-state index < -0.39 is 0 Å². The SMILES string of the molecule is CC1CNc2ccccc2N1CC1CCC2(CCCC2)O1. The maximum atomic E-state index is 6.51. The number of hydrogen-bond donors (Lipinski definition) is 1. The molecule has 1 aromatic carbocycles. The Bertz CT molecular complexity index is 510. The summed E-state index contributed by atoms with van der Waals surface area (Å²) >= 11 is 0. The van der Waals surface area contributed by atoms with Crippen LogP contribution in [0.25, 0.3) is 0 Å². The third kappa shape index (κ3) is 2.42. The van der Waals surface area contributed by atoms with Crippen molar-refractivity contribution in [1.29, 1.82) is 0 Å². The summed E-state index contributed by atoms with van der Waals surface area (Å²) in [7, 11) is 0. The number of fused-ring (bicyclic) bond motifs is 1. The molecule has 3 heteroatoms. The lowest BCUT2D eigenvalue weighted by atomic mass is 9.98. The second kappa shape index (κ2) is 5.20. The van der Waals surface area contributed by atoms with Crippen LogP contribution in [0.15, 0.2) is 24.3 Å². The summed E-state index contributed by atoms with van der Waals surface area (Å²) in [6, 6.07) is 9.20. The molecule has 3 nitrogen and oxygen atoms in total. The Morgan fingerprint density at radius 1 is 1.24 bits per heavy atom. The van der Waals surface area contributed by atoms with Crippen molar-refractivity contribution < 1.29 is 4.74 Å². The lowest BCUT2D eigenvalue weighted by molar-refractivity contribution is -0.0332. The van der Waals surface area contributed by atoms with Gasteiger partial charge in [-0.2, -0.15) is 0 Å². The Morgan fingerprint density at radius 3 is 2.90 bits per heavy atom. The molecule has 4 rings (SSSR count). The summed E-state index contributed by atoms with van der Waals surface area (Å²) in [5, 5.41) is 3.53. The number of ether oxygens (including phenoxy) is 1. The minimum atomic E-state index is 0.251. The average molecular weight is 286 g/mol. The molecule has 3 aliphatic rings. The predicted octanol–water partition coefficient (Wildman–Crippen LogP) is 3.80. The number of benzene rings is 1. The smallest absolute Gasteiger partial charge is 0.0758 e. The van der Waals surface area contributed by atoms with Gasteiger partial charge in [-0.15, -0.1) is 0 Å². The molecule has 1 saturated carbocycles. The van der Waals surface area contributed by atoms with Crippen LogP contribution in [0.3, 0.4) is 0 Å². The molecule has 1 aromatic rings. The van der Waals surface area contributed by atoms with Crippen molar-refractivity contribution in [1.82, 2.24) is 0 Å². The van der Waals surface area contributed by atoms with Crippen LogP contribution < -0.4 is 10.2 Å². The Kier molecular flexibility index (Phi) is 3.33. The van der Waals surface area contributed by atoms with Gasteiger partial charge in [0.1, 0.15) is 0 Å². The minimum Gasteiger partial charge on any atom is -0.381 e. The molecular formula is C18H26N2O. The third-order valence-electron chi connectivity index (χ3n) is 5.59. The van der Waals surface area contributed by atoms with Crippen molar-refractivity contribution in [2.75, 3.05) is 23.3 Å². The maximum absolute atomic E-state index is 6.51. The monoisotopic (exact) mass is 286 g/mol. The summed E-state index contributed by atoms with van der Waals surface area (Å²) in [6.07, 6.45) is 8.23. The summed E-state index contributed by atoms with van der Waals surface area (Å²) in [5.41, 5.74) is 2.86. The first-order chi connectivity index (χ1) is 10.3. The number of nitrogens with one attached hydrogen (secondary N) is 1. The Balaban J connectivity index is 1.49. The zero-order valence-electron chi connectivity index (χ0n) is 13.0. The number of hydrogen-bond acceptors (Lipinski definition) is 3. The van der Waals surface area contributed by atoms with Gasteiger partial charge in [0.2, 0.25) is 0 Å². The van der Waals surface area contributed by atoms with Gasteiger partial charge in [-0.25, -0.2) is 0 Å². The molecule has 21 heavy (non-hydrogen) atoms. The third-order valence-corrected chi connectivity index (χ3v) is 5.59. The Morgan fingerprint density at radius 2 is 2.05 bits per heavy atom. The molecule has 2 unspecified atom stereocenters. The fraction of sp³-hybridized carbons (Fsp3) is 0.667. The maximum Gasteiger partial charge on any atom is 0.0758 e. The largest absolute Gasteiger partial charge is 0.381 e. The summed E-state index contributed by atoms with van der Waals surface area (Å²) in [6.45, 7) is 4.37. The van der Waals surface area contributed by atoms with Crippen molar-refractivity contribution in [2.45, 2.75) is 63.2 Å². The van der Waals surface area contributed by atoms with Crippen molar-refractivity contribution in [3.05, 3.63) is 24.3 Å². The predicted molar refractivity (Wildman–Crippen MR) is 87.0 cm³/mol. The van der Waals surface area contributed by atoms with Gasteiger partial charge in [0, 0.05) is 19.1 Å². The fourth-order valence-electron chi connectivity index (χ4n) is 4.39. The van der Waals surface area contributed by atoms with Crippen molar-refractivity contribution in [3.63, 3.8) is 0 Å². The summed E-state index contributed by atoms with van der Waals surface area (Å²) < 4.78 is 6.51. The molecule has 2 heterocycles. The van der Waals surface area contributed by atoms with E-state index in [1.54, 1.807) is 0 Å². The van der Waals surface area contributed by atoms with Crippen molar-refractivity contribution >= 4 is 11.4 Å². The second-order valence-electron chi connectivity index (χ2n) is 7.07.